The van der Waals surface area contributed by atoms with E-state index in [0.29, 0.717) is 19.5 Å². The average Bonchev–Trinajstić information content (AvgIpc) is 3.36. The van der Waals surface area contributed by atoms with Crippen LogP contribution in [0.2, 0.25) is 0 Å². The number of hydrogen-bond acceptors (Lipinski definition) is 3. The molecule has 1 aliphatic heterocycles. The highest BCUT2D eigenvalue weighted by molar-refractivity contribution is 9.10. The highest BCUT2D eigenvalue weighted by Crippen LogP contribution is 2.34. The summed E-state index contributed by atoms with van der Waals surface area (Å²) in [6, 6.07) is 24.2. The van der Waals surface area contributed by atoms with Crippen molar-refractivity contribution < 1.29 is 9.53 Å². The Balaban J connectivity index is 1.51. The Bertz CT molecular complexity index is 1250. The number of methoxy groups -OCH3 is 1. The van der Waals surface area contributed by atoms with E-state index in [2.05, 4.69) is 50.8 Å². The summed E-state index contributed by atoms with van der Waals surface area (Å²) in [4.78, 5) is 19.7. The molecule has 1 fully saturated rings. The Morgan fingerprint density at radius 3 is 2.68 bits per heavy atom. The summed E-state index contributed by atoms with van der Waals surface area (Å²) >= 11 is 3.51. The van der Waals surface area contributed by atoms with Crippen LogP contribution in [0.4, 0.5) is 5.69 Å². The number of imidazole rings is 1. The first-order chi connectivity index (χ1) is 15.1. The first-order valence-electron chi connectivity index (χ1n) is 10.3. The maximum atomic E-state index is 12.9. The van der Waals surface area contributed by atoms with Gasteiger partial charge in [0.15, 0.2) is 0 Å². The summed E-state index contributed by atoms with van der Waals surface area (Å²) in [7, 11) is 1.64. The van der Waals surface area contributed by atoms with E-state index in [1.807, 2.05) is 47.4 Å². The normalized spacial score (nSPS) is 16.3. The van der Waals surface area contributed by atoms with Crippen LogP contribution in [-0.4, -0.2) is 29.1 Å². The SMILES string of the molecule is COc1cccc(N2C[C@@H](c3nc4ccccc4n3Cc3ccc(Br)cc3)CC2=O)c1. The van der Waals surface area contributed by atoms with E-state index in [4.69, 9.17) is 9.72 Å². The molecular formula is C25H22BrN3O2. The molecule has 2 heterocycles. The van der Waals surface area contributed by atoms with Crippen LogP contribution in [0.25, 0.3) is 11.0 Å². The molecule has 0 spiro atoms. The number of nitrogens with zero attached hydrogens (tertiary/aromatic N) is 3. The Morgan fingerprint density at radius 1 is 1.06 bits per heavy atom. The van der Waals surface area contributed by atoms with Gasteiger partial charge in [0.1, 0.15) is 11.6 Å². The van der Waals surface area contributed by atoms with Crippen LogP contribution in [0.3, 0.4) is 0 Å². The minimum absolute atomic E-state index is 0.0292. The van der Waals surface area contributed by atoms with Gasteiger partial charge in [0, 0.05) is 41.7 Å². The van der Waals surface area contributed by atoms with Gasteiger partial charge in [-0.25, -0.2) is 4.98 Å². The second-order valence-corrected chi connectivity index (χ2v) is 8.69. The maximum Gasteiger partial charge on any atom is 0.227 e. The lowest BCUT2D eigenvalue weighted by atomic mass is 10.1. The van der Waals surface area contributed by atoms with E-state index in [1.165, 1.54) is 5.56 Å². The number of fused-ring (bicyclic) bond motifs is 1. The number of aromatic nitrogens is 2. The largest absolute Gasteiger partial charge is 0.497 e. The van der Waals surface area contributed by atoms with Crippen molar-refractivity contribution in [3.05, 3.63) is 88.7 Å². The van der Waals surface area contributed by atoms with Crippen LogP contribution in [0.15, 0.2) is 77.3 Å². The van der Waals surface area contributed by atoms with Crippen molar-refractivity contribution in [2.75, 3.05) is 18.6 Å². The van der Waals surface area contributed by atoms with Gasteiger partial charge in [-0.2, -0.15) is 0 Å². The van der Waals surface area contributed by atoms with E-state index in [-0.39, 0.29) is 11.8 Å². The molecule has 0 bridgehead atoms. The number of rotatable bonds is 5. The van der Waals surface area contributed by atoms with Gasteiger partial charge in [-0.1, -0.05) is 46.3 Å². The molecule has 156 valence electrons. The molecule has 1 saturated heterocycles. The highest BCUT2D eigenvalue weighted by atomic mass is 79.9. The zero-order chi connectivity index (χ0) is 21.4. The predicted octanol–water partition coefficient (Wildman–Crippen LogP) is 5.38. The number of halogens is 1. The number of para-hydroxylation sites is 2. The third-order valence-corrected chi connectivity index (χ3v) is 6.32. The summed E-state index contributed by atoms with van der Waals surface area (Å²) in [6.07, 6.45) is 0.445. The molecule has 1 aliphatic rings. The van der Waals surface area contributed by atoms with Gasteiger partial charge < -0.3 is 14.2 Å². The van der Waals surface area contributed by atoms with Crippen LogP contribution < -0.4 is 9.64 Å². The minimum atomic E-state index is 0.0292. The molecule has 5 nitrogen and oxygen atoms in total. The molecule has 0 radical (unpaired) electrons. The molecule has 6 heteroatoms. The Hall–Kier alpha value is -3.12. The van der Waals surface area contributed by atoms with Crippen molar-refractivity contribution in [2.24, 2.45) is 0 Å². The van der Waals surface area contributed by atoms with Gasteiger partial charge in [-0.3, -0.25) is 4.79 Å². The van der Waals surface area contributed by atoms with E-state index in [1.54, 1.807) is 7.11 Å². The van der Waals surface area contributed by atoms with Crippen molar-refractivity contribution in [1.82, 2.24) is 9.55 Å². The zero-order valence-corrected chi connectivity index (χ0v) is 18.7. The molecule has 0 unspecified atom stereocenters. The molecule has 0 N–H and O–H groups in total. The van der Waals surface area contributed by atoms with E-state index < -0.39 is 0 Å². The van der Waals surface area contributed by atoms with Gasteiger partial charge in [-0.05, 0) is 42.0 Å². The number of benzene rings is 3. The smallest absolute Gasteiger partial charge is 0.227 e. The molecule has 3 aromatic carbocycles. The second-order valence-electron chi connectivity index (χ2n) is 7.78. The van der Waals surface area contributed by atoms with Crippen molar-refractivity contribution in [2.45, 2.75) is 18.9 Å². The van der Waals surface area contributed by atoms with Crippen molar-refractivity contribution in [1.29, 1.82) is 0 Å². The monoisotopic (exact) mass is 475 g/mol. The summed E-state index contributed by atoms with van der Waals surface area (Å²) < 4.78 is 8.65. The molecule has 1 amide bonds. The fraction of sp³-hybridized carbons (Fsp3) is 0.200. The second kappa shape index (κ2) is 8.19. The molecule has 0 saturated carbocycles. The number of hydrogen-bond donors (Lipinski definition) is 0. The number of carbonyl (C=O) groups excluding carboxylic acids is 1. The molecule has 5 rings (SSSR count). The molecule has 0 aliphatic carbocycles. The molecule has 4 aromatic rings. The Labute approximate surface area is 189 Å². The summed E-state index contributed by atoms with van der Waals surface area (Å²) in [5, 5.41) is 0. The van der Waals surface area contributed by atoms with Gasteiger partial charge in [0.25, 0.3) is 0 Å². The summed E-state index contributed by atoms with van der Waals surface area (Å²) in [5.74, 6) is 1.85. The third kappa shape index (κ3) is 3.83. The standard InChI is InChI=1S/C25H22BrN3O2/c1-31-21-6-4-5-20(14-21)28-16-18(13-24(28)30)25-27-22-7-2-3-8-23(22)29(25)15-17-9-11-19(26)12-10-17/h2-12,14,18H,13,15-16H2,1H3/t18-/m0/s1. The summed E-state index contributed by atoms with van der Waals surface area (Å²) in [6.45, 7) is 1.32. The van der Waals surface area contributed by atoms with Crippen LogP contribution in [0.5, 0.6) is 5.75 Å². The van der Waals surface area contributed by atoms with Gasteiger partial charge >= 0.3 is 0 Å². The molecule has 1 atom stereocenters. The van der Waals surface area contributed by atoms with Crippen LogP contribution in [0.1, 0.15) is 23.7 Å². The lowest BCUT2D eigenvalue weighted by Crippen LogP contribution is -2.24. The Kier molecular flexibility index (Phi) is 5.24. The van der Waals surface area contributed by atoms with Crippen molar-refractivity contribution >= 4 is 38.6 Å². The van der Waals surface area contributed by atoms with Crippen LogP contribution in [0, 0.1) is 0 Å². The average molecular weight is 476 g/mol. The minimum Gasteiger partial charge on any atom is -0.497 e. The number of ether oxygens (including phenoxy) is 1. The summed E-state index contributed by atoms with van der Waals surface area (Å²) in [5.41, 5.74) is 4.11. The lowest BCUT2D eigenvalue weighted by Gasteiger charge is -2.18. The number of anilines is 1. The van der Waals surface area contributed by atoms with E-state index in [9.17, 15) is 4.79 Å². The first-order valence-corrected chi connectivity index (χ1v) is 11.1. The van der Waals surface area contributed by atoms with Crippen molar-refractivity contribution in [3.8, 4) is 5.75 Å². The highest BCUT2D eigenvalue weighted by Gasteiger charge is 2.35. The van der Waals surface area contributed by atoms with Gasteiger partial charge in [0.05, 0.1) is 18.1 Å². The molecular weight excluding hydrogens is 454 g/mol. The number of amides is 1. The van der Waals surface area contributed by atoms with E-state index >= 15 is 0 Å². The lowest BCUT2D eigenvalue weighted by molar-refractivity contribution is -0.117. The fourth-order valence-corrected chi connectivity index (χ4v) is 4.52. The first kappa shape index (κ1) is 19.8. The number of carbonyl (C=O) groups is 1. The van der Waals surface area contributed by atoms with Crippen LogP contribution in [-0.2, 0) is 11.3 Å². The maximum absolute atomic E-state index is 12.9. The van der Waals surface area contributed by atoms with Gasteiger partial charge in [-0.15, -0.1) is 0 Å². The fourth-order valence-electron chi connectivity index (χ4n) is 4.25. The van der Waals surface area contributed by atoms with Crippen molar-refractivity contribution in [3.63, 3.8) is 0 Å². The molecule has 1 aromatic heterocycles. The zero-order valence-electron chi connectivity index (χ0n) is 17.2. The quantitative estimate of drug-likeness (QED) is 0.389. The predicted molar refractivity (Wildman–Crippen MR) is 126 cm³/mol. The Morgan fingerprint density at radius 2 is 1.87 bits per heavy atom. The topological polar surface area (TPSA) is 47.4 Å². The third-order valence-electron chi connectivity index (χ3n) is 5.79. The van der Waals surface area contributed by atoms with E-state index in [0.717, 1.165) is 32.8 Å². The van der Waals surface area contributed by atoms with Gasteiger partial charge in [0.2, 0.25) is 5.91 Å². The van der Waals surface area contributed by atoms with Crippen LogP contribution >= 0.6 is 15.9 Å². The molecule has 31 heavy (non-hydrogen) atoms.